The minimum absolute atomic E-state index is 0.188. The lowest BCUT2D eigenvalue weighted by atomic mass is 10.4. The predicted octanol–water partition coefficient (Wildman–Crippen LogP) is 1.67. The number of amides is 1. The van der Waals surface area contributed by atoms with E-state index in [9.17, 15) is 4.79 Å². The second-order valence-electron chi connectivity index (χ2n) is 4.37. The van der Waals surface area contributed by atoms with Gasteiger partial charge in [-0.2, -0.15) is 5.10 Å². The number of anilines is 1. The van der Waals surface area contributed by atoms with Gasteiger partial charge in [-0.25, -0.2) is 9.67 Å². The zero-order chi connectivity index (χ0) is 13.8. The first kappa shape index (κ1) is 13.7. The molecular formula is C12H17N5OS. The SMILES string of the molecule is CC(C)n1nccc1NC(=O)c1csc(CCN)n1. The second-order valence-corrected chi connectivity index (χ2v) is 5.32. The molecule has 2 heterocycles. The fourth-order valence-corrected chi connectivity index (χ4v) is 2.45. The molecule has 6 nitrogen and oxygen atoms in total. The number of hydrogen-bond donors (Lipinski definition) is 2. The summed E-state index contributed by atoms with van der Waals surface area (Å²) >= 11 is 1.45. The molecular weight excluding hydrogens is 262 g/mol. The minimum atomic E-state index is -0.220. The Balaban J connectivity index is 2.09. The van der Waals surface area contributed by atoms with E-state index < -0.39 is 0 Å². The van der Waals surface area contributed by atoms with Crippen LogP contribution < -0.4 is 11.1 Å². The van der Waals surface area contributed by atoms with E-state index in [0.29, 0.717) is 24.5 Å². The third-order valence-corrected chi connectivity index (χ3v) is 3.45. The van der Waals surface area contributed by atoms with Gasteiger partial charge in [0, 0.05) is 23.9 Å². The molecule has 2 aromatic rings. The van der Waals surface area contributed by atoms with E-state index in [1.807, 2.05) is 13.8 Å². The molecule has 3 N–H and O–H groups in total. The van der Waals surface area contributed by atoms with Gasteiger partial charge in [0.2, 0.25) is 0 Å². The van der Waals surface area contributed by atoms with Gasteiger partial charge >= 0.3 is 0 Å². The van der Waals surface area contributed by atoms with E-state index in [4.69, 9.17) is 5.73 Å². The van der Waals surface area contributed by atoms with Crippen molar-refractivity contribution in [3.8, 4) is 0 Å². The molecule has 2 rings (SSSR count). The predicted molar refractivity (Wildman–Crippen MR) is 75.4 cm³/mol. The van der Waals surface area contributed by atoms with Crippen LogP contribution in [-0.2, 0) is 6.42 Å². The van der Waals surface area contributed by atoms with Gasteiger partial charge in [-0.15, -0.1) is 11.3 Å². The second kappa shape index (κ2) is 5.94. The Labute approximate surface area is 115 Å². The average molecular weight is 279 g/mol. The Kier molecular flexibility index (Phi) is 4.28. The number of carbonyl (C=O) groups is 1. The van der Waals surface area contributed by atoms with E-state index in [1.165, 1.54) is 11.3 Å². The Morgan fingerprint density at radius 1 is 1.58 bits per heavy atom. The number of aromatic nitrogens is 3. The van der Waals surface area contributed by atoms with Gasteiger partial charge in [0.05, 0.1) is 11.2 Å². The van der Waals surface area contributed by atoms with Crippen molar-refractivity contribution in [2.24, 2.45) is 5.73 Å². The van der Waals surface area contributed by atoms with Crippen molar-refractivity contribution < 1.29 is 4.79 Å². The molecule has 2 aromatic heterocycles. The summed E-state index contributed by atoms with van der Waals surface area (Å²) in [6.45, 7) is 4.55. The van der Waals surface area contributed by atoms with Crippen molar-refractivity contribution in [3.63, 3.8) is 0 Å². The van der Waals surface area contributed by atoms with Gasteiger partial charge < -0.3 is 11.1 Å². The number of nitrogens with two attached hydrogens (primary N) is 1. The molecule has 102 valence electrons. The van der Waals surface area contributed by atoms with Gasteiger partial charge in [0.25, 0.3) is 5.91 Å². The van der Waals surface area contributed by atoms with Crippen LogP contribution in [0.4, 0.5) is 5.82 Å². The number of thiazole rings is 1. The zero-order valence-electron chi connectivity index (χ0n) is 11.0. The maximum atomic E-state index is 12.1. The van der Waals surface area contributed by atoms with Gasteiger partial charge in [0.15, 0.2) is 0 Å². The number of rotatable bonds is 5. The van der Waals surface area contributed by atoms with E-state index in [-0.39, 0.29) is 11.9 Å². The standard InChI is InChI=1S/C12H17N5OS/c1-8(2)17-10(4-6-14-17)16-12(18)9-7-19-11(15-9)3-5-13/h4,6-8H,3,5,13H2,1-2H3,(H,16,18). The molecule has 0 spiro atoms. The van der Waals surface area contributed by atoms with Crippen molar-refractivity contribution in [2.75, 3.05) is 11.9 Å². The monoisotopic (exact) mass is 279 g/mol. The summed E-state index contributed by atoms with van der Waals surface area (Å²) in [7, 11) is 0. The molecule has 19 heavy (non-hydrogen) atoms. The first-order chi connectivity index (χ1) is 9.11. The van der Waals surface area contributed by atoms with E-state index in [1.54, 1.807) is 22.3 Å². The number of nitrogens with one attached hydrogen (secondary N) is 1. The van der Waals surface area contributed by atoms with Crippen molar-refractivity contribution in [2.45, 2.75) is 26.3 Å². The number of hydrogen-bond acceptors (Lipinski definition) is 5. The molecule has 0 saturated heterocycles. The lowest BCUT2D eigenvalue weighted by Crippen LogP contribution is -2.17. The van der Waals surface area contributed by atoms with E-state index in [0.717, 1.165) is 5.01 Å². The molecule has 0 atom stereocenters. The van der Waals surface area contributed by atoms with Gasteiger partial charge in [-0.3, -0.25) is 4.79 Å². The van der Waals surface area contributed by atoms with Crippen LogP contribution in [-0.4, -0.2) is 27.2 Å². The zero-order valence-corrected chi connectivity index (χ0v) is 11.8. The van der Waals surface area contributed by atoms with Gasteiger partial charge in [-0.1, -0.05) is 0 Å². The maximum absolute atomic E-state index is 12.1. The lowest BCUT2D eigenvalue weighted by Gasteiger charge is -2.10. The largest absolute Gasteiger partial charge is 0.330 e. The molecule has 0 aliphatic carbocycles. The van der Waals surface area contributed by atoms with Crippen LogP contribution in [0.5, 0.6) is 0 Å². The molecule has 0 saturated carbocycles. The van der Waals surface area contributed by atoms with Crippen LogP contribution in [0.15, 0.2) is 17.6 Å². The van der Waals surface area contributed by atoms with Crippen LogP contribution in [0.25, 0.3) is 0 Å². The molecule has 1 amide bonds. The minimum Gasteiger partial charge on any atom is -0.330 e. The van der Waals surface area contributed by atoms with Crippen molar-refractivity contribution in [3.05, 3.63) is 28.3 Å². The molecule has 0 unspecified atom stereocenters. The molecule has 0 radical (unpaired) electrons. The first-order valence-corrected chi connectivity index (χ1v) is 6.99. The van der Waals surface area contributed by atoms with Gasteiger partial charge in [0.1, 0.15) is 11.5 Å². The number of nitrogens with zero attached hydrogens (tertiary/aromatic N) is 3. The highest BCUT2D eigenvalue weighted by molar-refractivity contribution is 7.09. The molecule has 0 aromatic carbocycles. The third kappa shape index (κ3) is 3.18. The lowest BCUT2D eigenvalue weighted by molar-refractivity contribution is 0.102. The first-order valence-electron chi connectivity index (χ1n) is 6.11. The normalized spacial score (nSPS) is 10.9. The summed E-state index contributed by atoms with van der Waals surface area (Å²) in [5, 5.41) is 9.61. The van der Waals surface area contributed by atoms with Crippen molar-refractivity contribution in [1.82, 2.24) is 14.8 Å². The Bertz CT molecular complexity index is 560. The molecule has 0 bridgehead atoms. The van der Waals surface area contributed by atoms with Crippen LogP contribution in [0.1, 0.15) is 35.4 Å². The summed E-state index contributed by atoms with van der Waals surface area (Å²) in [5.41, 5.74) is 5.88. The topological polar surface area (TPSA) is 85.8 Å². The summed E-state index contributed by atoms with van der Waals surface area (Å²) in [5.74, 6) is 0.454. The van der Waals surface area contributed by atoms with Crippen LogP contribution in [0, 0.1) is 0 Å². The Morgan fingerprint density at radius 2 is 2.37 bits per heavy atom. The Morgan fingerprint density at radius 3 is 3.05 bits per heavy atom. The molecule has 7 heteroatoms. The van der Waals surface area contributed by atoms with Crippen LogP contribution in [0.3, 0.4) is 0 Å². The highest BCUT2D eigenvalue weighted by Crippen LogP contribution is 2.15. The van der Waals surface area contributed by atoms with Crippen molar-refractivity contribution in [1.29, 1.82) is 0 Å². The highest BCUT2D eigenvalue weighted by atomic mass is 32.1. The summed E-state index contributed by atoms with van der Waals surface area (Å²) < 4.78 is 1.76. The van der Waals surface area contributed by atoms with Crippen LogP contribution >= 0.6 is 11.3 Å². The van der Waals surface area contributed by atoms with Gasteiger partial charge in [-0.05, 0) is 20.4 Å². The quantitative estimate of drug-likeness (QED) is 0.871. The average Bonchev–Trinajstić information content (AvgIpc) is 2.98. The highest BCUT2D eigenvalue weighted by Gasteiger charge is 2.14. The summed E-state index contributed by atoms with van der Waals surface area (Å²) in [4.78, 5) is 16.3. The fraction of sp³-hybridized carbons (Fsp3) is 0.417. The van der Waals surface area contributed by atoms with Crippen LogP contribution in [0.2, 0.25) is 0 Å². The smallest absolute Gasteiger partial charge is 0.276 e. The maximum Gasteiger partial charge on any atom is 0.276 e. The summed E-state index contributed by atoms with van der Waals surface area (Å²) in [6.07, 6.45) is 2.36. The fourth-order valence-electron chi connectivity index (χ4n) is 1.66. The molecule has 0 fully saturated rings. The third-order valence-electron chi connectivity index (χ3n) is 2.54. The molecule has 0 aliphatic rings. The summed E-state index contributed by atoms with van der Waals surface area (Å²) in [6, 6.07) is 1.96. The Hall–Kier alpha value is -1.73. The number of carbonyl (C=O) groups excluding carboxylic acids is 1. The van der Waals surface area contributed by atoms with E-state index >= 15 is 0 Å². The van der Waals surface area contributed by atoms with E-state index in [2.05, 4.69) is 15.4 Å². The molecule has 0 aliphatic heterocycles. The van der Waals surface area contributed by atoms with Crippen molar-refractivity contribution >= 4 is 23.1 Å².